The predicted octanol–water partition coefficient (Wildman–Crippen LogP) is 1.62. The number of hydrogen-bond donors (Lipinski definition) is 2. The van der Waals surface area contributed by atoms with Gasteiger partial charge < -0.3 is 15.8 Å². The summed E-state index contributed by atoms with van der Waals surface area (Å²) < 4.78 is 5.53. The standard InChI is InChI=1S/C15H24N2O2/c1-4-19-15(2,3)11-17-14(18)9-12-5-7-13(10-16)8-6-12/h5-8H,4,9-11,16H2,1-3H3,(H,17,18). The minimum absolute atomic E-state index is 0.00766. The van der Waals surface area contributed by atoms with E-state index in [9.17, 15) is 4.79 Å². The summed E-state index contributed by atoms with van der Waals surface area (Å²) in [6, 6.07) is 7.78. The average Bonchev–Trinajstić information content (AvgIpc) is 2.37. The van der Waals surface area contributed by atoms with Crippen molar-refractivity contribution < 1.29 is 9.53 Å². The molecule has 1 aromatic carbocycles. The third kappa shape index (κ3) is 5.85. The van der Waals surface area contributed by atoms with Crippen molar-refractivity contribution in [2.75, 3.05) is 13.2 Å². The Bertz CT molecular complexity index is 399. The van der Waals surface area contributed by atoms with Crippen LogP contribution in [-0.4, -0.2) is 24.7 Å². The van der Waals surface area contributed by atoms with Crippen molar-refractivity contribution in [2.24, 2.45) is 5.73 Å². The molecule has 0 radical (unpaired) electrons. The molecule has 4 nitrogen and oxygen atoms in total. The van der Waals surface area contributed by atoms with Gasteiger partial charge in [-0.25, -0.2) is 0 Å². The van der Waals surface area contributed by atoms with Crippen molar-refractivity contribution in [2.45, 2.75) is 39.3 Å². The van der Waals surface area contributed by atoms with Crippen molar-refractivity contribution in [1.29, 1.82) is 0 Å². The van der Waals surface area contributed by atoms with E-state index in [1.807, 2.05) is 45.0 Å². The molecular weight excluding hydrogens is 240 g/mol. The predicted molar refractivity (Wildman–Crippen MR) is 76.8 cm³/mol. The number of nitrogens with one attached hydrogen (secondary N) is 1. The Morgan fingerprint density at radius 1 is 1.26 bits per heavy atom. The molecule has 0 aliphatic carbocycles. The van der Waals surface area contributed by atoms with Gasteiger partial charge in [-0.2, -0.15) is 0 Å². The summed E-state index contributed by atoms with van der Waals surface area (Å²) >= 11 is 0. The quantitative estimate of drug-likeness (QED) is 0.786. The van der Waals surface area contributed by atoms with Gasteiger partial charge in [-0.3, -0.25) is 4.79 Å². The van der Waals surface area contributed by atoms with E-state index >= 15 is 0 Å². The maximum atomic E-state index is 11.8. The van der Waals surface area contributed by atoms with E-state index in [2.05, 4.69) is 5.32 Å². The number of nitrogens with two attached hydrogens (primary N) is 1. The van der Waals surface area contributed by atoms with Crippen LogP contribution in [0.1, 0.15) is 31.9 Å². The molecule has 1 amide bonds. The molecule has 1 aromatic rings. The van der Waals surface area contributed by atoms with Crippen LogP contribution in [0.2, 0.25) is 0 Å². The maximum absolute atomic E-state index is 11.8. The molecule has 0 heterocycles. The molecule has 0 aromatic heterocycles. The molecule has 0 atom stereocenters. The Balaban J connectivity index is 2.42. The molecule has 1 rings (SSSR count). The van der Waals surface area contributed by atoms with E-state index in [-0.39, 0.29) is 11.5 Å². The van der Waals surface area contributed by atoms with Crippen LogP contribution in [0.25, 0.3) is 0 Å². The zero-order valence-corrected chi connectivity index (χ0v) is 12.0. The van der Waals surface area contributed by atoms with E-state index in [0.29, 0.717) is 26.1 Å². The highest BCUT2D eigenvalue weighted by Crippen LogP contribution is 2.08. The largest absolute Gasteiger partial charge is 0.374 e. The Kier molecular flexibility index (Phi) is 5.99. The fraction of sp³-hybridized carbons (Fsp3) is 0.533. The van der Waals surface area contributed by atoms with Crippen molar-refractivity contribution >= 4 is 5.91 Å². The van der Waals surface area contributed by atoms with Crippen molar-refractivity contribution in [3.05, 3.63) is 35.4 Å². The van der Waals surface area contributed by atoms with Gasteiger partial charge in [0, 0.05) is 19.7 Å². The van der Waals surface area contributed by atoms with Crippen LogP contribution in [0.3, 0.4) is 0 Å². The summed E-state index contributed by atoms with van der Waals surface area (Å²) in [6.45, 7) is 7.56. The fourth-order valence-electron chi connectivity index (χ4n) is 1.79. The summed E-state index contributed by atoms with van der Waals surface area (Å²) in [5.41, 5.74) is 7.27. The molecule has 0 aliphatic heterocycles. The third-order valence-electron chi connectivity index (χ3n) is 2.87. The zero-order chi connectivity index (χ0) is 14.3. The minimum atomic E-state index is -0.326. The minimum Gasteiger partial charge on any atom is -0.374 e. The van der Waals surface area contributed by atoms with Crippen LogP contribution in [-0.2, 0) is 22.5 Å². The SMILES string of the molecule is CCOC(C)(C)CNC(=O)Cc1ccc(CN)cc1. The van der Waals surface area contributed by atoms with Crippen molar-refractivity contribution in [1.82, 2.24) is 5.32 Å². The second kappa shape index (κ2) is 7.26. The van der Waals surface area contributed by atoms with Crippen molar-refractivity contribution in [3.8, 4) is 0 Å². The highest BCUT2D eigenvalue weighted by Gasteiger charge is 2.18. The molecule has 0 bridgehead atoms. The Labute approximate surface area is 115 Å². The fourth-order valence-corrected chi connectivity index (χ4v) is 1.79. The van der Waals surface area contributed by atoms with Crippen LogP contribution in [0, 0.1) is 0 Å². The van der Waals surface area contributed by atoms with Crippen LogP contribution in [0.4, 0.5) is 0 Å². The first-order chi connectivity index (χ1) is 8.96. The number of carbonyl (C=O) groups is 1. The highest BCUT2D eigenvalue weighted by molar-refractivity contribution is 5.78. The molecule has 0 aliphatic rings. The molecule has 0 saturated carbocycles. The number of amides is 1. The van der Waals surface area contributed by atoms with E-state index < -0.39 is 0 Å². The lowest BCUT2D eigenvalue weighted by Crippen LogP contribution is -2.41. The molecule has 0 saturated heterocycles. The molecular formula is C15H24N2O2. The van der Waals surface area contributed by atoms with Crippen LogP contribution in [0.15, 0.2) is 24.3 Å². The molecule has 3 N–H and O–H groups in total. The van der Waals surface area contributed by atoms with E-state index in [0.717, 1.165) is 11.1 Å². The smallest absolute Gasteiger partial charge is 0.224 e. The first-order valence-electron chi connectivity index (χ1n) is 6.65. The number of carbonyl (C=O) groups excluding carboxylic acids is 1. The maximum Gasteiger partial charge on any atom is 0.224 e. The van der Waals surface area contributed by atoms with Crippen molar-refractivity contribution in [3.63, 3.8) is 0 Å². The van der Waals surface area contributed by atoms with Gasteiger partial charge in [0.1, 0.15) is 0 Å². The lowest BCUT2D eigenvalue weighted by Gasteiger charge is -2.24. The van der Waals surface area contributed by atoms with Crippen LogP contribution in [0.5, 0.6) is 0 Å². The monoisotopic (exact) mass is 264 g/mol. The van der Waals surface area contributed by atoms with Gasteiger partial charge >= 0.3 is 0 Å². The number of ether oxygens (including phenoxy) is 1. The van der Waals surface area contributed by atoms with Gasteiger partial charge in [-0.15, -0.1) is 0 Å². The lowest BCUT2D eigenvalue weighted by molar-refractivity contribution is -0.122. The van der Waals surface area contributed by atoms with Crippen LogP contribution < -0.4 is 11.1 Å². The molecule has 0 spiro atoms. The molecule has 0 fully saturated rings. The van der Waals surface area contributed by atoms with Crippen LogP contribution >= 0.6 is 0 Å². The summed E-state index contributed by atoms with van der Waals surface area (Å²) in [6.07, 6.45) is 0.382. The lowest BCUT2D eigenvalue weighted by atomic mass is 10.1. The van der Waals surface area contributed by atoms with E-state index in [1.54, 1.807) is 0 Å². The topological polar surface area (TPSA) is 64.3 Å². The van der Waals surface area contributed by atoms with Gasteiger partial charge in [0.15, 0.2) is 0 Å². The molecule has 19 heavy (non-hydrogen) atoms. The Hall–Kier alpha value is -1.39. The van der Waals surface area contributed by atoms with Gasteiger partial charge in [0.05, 0.1) is 12.0 Å². The normalized spacial score (nSPS) is 11.4. The molecule has 0 unspecified atom stereocenters. The van der Waals surface area contributed by atoms with Gasteiger partial charge in [0.25, 0.3) is 0 Å². The summed E-state index contributed by atoms with van der Waals surface area (Å²) in [7, 11) is 0. The first kappa shape index (κ1) is 15.7. The van der Waals surface area contributed by atoms with Gasteiger partial charge in [0.2, 0.25) is 5.91 Å². The van der Waals surface area contributed by atoms with E-state index in [4.69, 9.17) is 10.5 Å². The second-order valence-corrected chi connectivity index (χ2v) is 5.17. The summed E-state index contributed by atoms with van der Waals surface area (Å²) in [5, 5.41) is 2.90. The zero-order valence-electron chi connectivity index (χ0n) is 12.0. The Morgan fingerprint density at radius 3 is 2.37 bits per heavy atom. The summed E-state index contributed by atoms with van der Waals surface area (Å²) in [4.78, 5) is 11.8. The Morgan fingerprint density at radius 2 is 1.84 bits per heavy atom. The van der Waals surface area contributed by atoms with Gasteiger partial charge in [-0.1, -0.05) is 24.3 Å². The molecule has 4 heteroatoms. The number of rotatable bonds is 7. The van der Waals surface area contributed by atoms with Gasteiger partial charge in [-0.05, 0) is 31.9 Å². The van der Waals surface area contributed by atoms with E-state index in [1.165, 1.54) is 0 Å². The highest BCUT2D eigenvalue weighted by atomic mass is 16.5. The molecule has 106 valence electrons. The summed E-state index contributed by atoms with van der Waals surface area (Å²) in [5.74, 6) is 0.00766. The number of hydrogen-bond acceptors (Lipinski definition) is 3. The average molecular weight is 264 g/mol. The first-order valence-corrected chi connectivity index (χ1v) is 6.65. The second-order valence-electron chi connectivity index (χ2n) is 5.17. The number of benzene rings is 1. The third-order valence-corrected chi connectivity index (χ3v) is 2.87.